The first-order valence-corrected chi connectivity index (χ1v) is 7.01. The molecule has 1 fully saturated rings. The van der Waals surface area contributed by atoms with E-state index in [0.717, 1.165) is 37.8 Å². The summed E-state index contributed by atoms with van der Waals surface area (Å²) in [6, 6.07) is 7.78. The minimum absolute atomic E-state index is 0.0171. The third-order valence-electron chi connectivity index (χ3n) is 4.21. The largest absolute Gasteiger partial charge is 0.388 e. The molecule has 102 valence electrons. The second kappa shape index (κ2) is 4.85. The molecule has 1 aromatic carbocycles. The van der Waals surface area contributed by atoms with Crippen LogP contribution in [0.15, 0.2) is 24.3 Å². The zero-order chi connectivity index (χ0) is 13.3. The normalized spacial score (nSPS) is 23.7. The number of fused-ring (bicyclic) bond motifs is 1. The van der Waals surface area contributed by atoms with Gasteiger partial charge in [0.15, 0.2) is 0 Å². The molecule has 1 atom stereocenters. The van der Waals surface area contributed by atoms with Crippen molar-refractivity contribution in [2.75, 3.05) is 11.9 Å². The Balaban J connectivity index is 1.55. The fourth-order valence-corrected chi connectivity index (χ4v) is 3.04. The lowest BCUT2D eigenvalue weighted by Gasteiger charge is -2.23. The van der Waals surface area contributed by atoms with E-state index in [1.807, 2.05) is 24.3 Å². The minimum atomic E-state index is -0.679. The van der Waals surface area contributed by atoms with Crippen molar-refractivity contribution in [2.24, 2.45) is 0 Å². The summed E-state index contributed by atoms with van der Waals surface area (Å²) in [4.78, 5) is 12.1. The number of rotatable bonds is 3. The molecule has 1 aliphatic carbocycles. The SMILES string of the molecule is O=C(NCC1(O)CCCC1)[C@@H]1Cc2ccccc2N1. The second-order valence-electron chi connectivity index (χ2n) is 5.71. The summed E-state index contributed by atoms with van der Waals surface area (Å²) in [5.74, 6) is -0.0171. The molecular formula is C15H20N2O2. The molecular weight excluding hydrogens is 240 g/mol. The molecule has 3 rings (SSSR count). The Labute approximate surface area is 113 Å². The molecule has 0 unspecified atom stereocenters. The van der Waals surface area contributed by atoms with Crippen molar-refractivity contribution >= 4 is 11.6 Å². The highest BCUT2D eigenvalue weighted by atomic mass is 16.3. The van der Waals surface area contributed by atoms with Crippen LogP contribution in [0, 0.1) is 0 Å². The summed E-state index contributed by atoms with van der Waals surface area (Å²) in [7, 11) is 0. The fraction of sp³-hybridized carbons (Fsp3) is 0.533. The molecule has 0 bridgehead atoms. The van der Waals surface area contributed by atoms with E-state index in [0.29, 0.717) is 6.54 Å². The number of hydrogen-bond donors (Lipinski definition) is 3. The van der Waals surface area contributed by atoms with E-state index in [9.17, 15) is 9.90 Å². The van der Waals surface area contributed by atoms with Gasteiger partial charge >= 0.3 is 0 Å². The maximum atomic E-state index is 12.1. The lowest BCUT2D eigenvalue weighted by Crippen LogP contribution is -2.46. The topological polar surface area (TPSA) is 61.4 Å². The standard InChI is InChI=1S/C15H20N2O2/c18-14(16-10-15(19)7-3-4-8-15)13-9-11-5-1-2-6-12(11)17-13/h1-2,5-6,13,17,19H,3-4,7-10H2,(H,16,18)/t13-/m0/s1. The van der Waals surface area contributed by atoms with Crippen molar-refractivity contribution in [1.82, 2.24) is 5.32 Å². The number of amides is 1. The van der Waals surface area contributed by atoms with Crippen molar-refractivity contribution in [3.8, 4) is 0 Å². The minimum Gasteiger partial charge on any atom is -0.388 e. The molecule has 1 heterocycles. The van der Waals surface area contributed by atoms with Crippen LogP contribution in [0.2, 0.25) is 0 Å². The Morgan fingerprint density at radius 3 is 2.84 bits per heavy atom. The van der Waals surface area contributed by atoms with Crippen molar-refractivity contribution < 1.29 is 9.90 Å². The van der Waals surface area contributed by atoms with E-state index >= 15 is 0 Å². The summed E-state index contributed by atoms with van der Waals surface area (Å²) < 4.78 is 0. The highest BCUT2D eigenvalue weighted by Gasteiger charge is 2.33. The van der Waals surface area contributed by atoms with Gasteiger partial charge in [0.25, 0.3) is 0 Å². The molecule has 1 saturated carbocycles. The monoisotopic (exact) mass is 260 g/mol. The predicted molar refractivity (Wildman–Crippen MR) is 74.0 cm³/mol. The van der Waals surface area contributed by atoms with Crippen LogP contribution < -0.4 is 10.6 Å². The Kier molecular flexibility index (Phi) is 3.19. The highest BCUT2D eigenvalue weighted by molar-refractivity contribution is 5.87. The van der Waals surface area contributed by atoms with Gasteiger partial charge in [0.2, 0.25) is 5.91 Å². The van der Waals surface area contributed by atoms with E-state index in [1.54, 1.807) is 0 Å². The van der Waals surface area contributed by atoms with Crippen LogP contribution >= 0.6 is 0 Å². The average Bonchev–Trinajstić information content (AvgIpc) is 3.02. The first kappa shape index (κ1) is 12.5. The molecule has 1 amide bonds. The lowest BCUT2D eigenvalue weighted by molar-refractivity contribution is -0.122. The first-order chi connectivity index (χ1) is 9.16. The van der Waals surface area contributed by atoms with Crippen molar-refractivity contribution in [1.29, 1.82) is 0 Å². The van der Waals surface area contributed by atoms with Crippen LogP contribution in [-0.4, -0.2) is 29.2 Å². The van der Waals surface area contributed by atoms with Gasteiger partial charge in [-0.15, -0.1) is 0 Å². The maximum absolute atomic E-state index is 12.1. The lowest BCUT2D eigenvalue weighted by atomic mass is 10.0. The van der Waals surface area contributed by atoms with Crippen LogP contribution in [0.1, 0.15) is 31.2 Å². The van der Waals surface area contributed by atoms with Crippen molar-refractivity contribution in [3.63, 3.8) is 0 Å². The smallest absolute Gasteiger partial charge is 0.242 e. The molecule has 0 aromatic heterocycles. The Bertz CT molecular complexity index is 456. The molecule has 0 spiro atoms. The summed E-state index contributed by atoms with van der Waals surface area (Å²) in [6.07, 6.45) is 4.43. The van der Waals surface area contributed by atoms with Crippen molar-refractivity contribution in [3.05, 3.63) is 29.8 Å². The summed E-state index contributed by atoms with van der Waals surface area (Å²) in [5.41, 5.74) is 1.55. The Morgan fingerprint density at radius 2 is 2.11 bits per heavy atom. The average molecular weight is 260 g/mol. The van der Waals surface area contributed by atoms with Gasteiger partial charge in [-0.1, -0.05) is 31.0 Å². The number of carbonyl (C=O) groups is 1. The van der Waals surface area contributed by atoms with Crippen LogP contribution in [0.4, 0.5) is 5.69 Å². The van der Waals surface area contributed by atoms with Crippen LogP contribution in [0.3, 0.4) is 0 Å². The molecule has 0 radical (unpaired) electrons. The zero-order valence-electron chi connectivity index (χ0n) is 11.0. The number of nitrogens with one attached hydrogen (secondary N) is 2. The van der Waals surface area contributed by atoms with Gasteiger partial charge in [0.05, 0.1) is 5.60 Å². The Hall–Kier alpha value is -1.55. The number of hydrogen-bond acceptors (Lipinski definition) is 3. The molecule has 4 nitrogen and oxygen atoms in total. The van der Waals surface area contributed by atoms with Gasteiger partial charge < -0.3 is 15.7 Å². The van der Waals surface area contributed by atoms with Gasteiger partial charge in [-0.2, -0.15) is 0 Å². The summed E-state index contributed by atoms with van der Waals surface area (Å²) in [6.45, 7) is 0.375. The molecule has 0 saturated heterocycles. The number of carbonyl (C=O) groups excluding carboxylic acids is 1. The third kappa shape index (κ3) is 2.59. The van der Waals surface area contributed by atoms with Crippen LogP contribution in [0.5, 0.6) is 0 Å². The van der Waals surface area contributed by atoms with E-state index in [4.69, 9.17) is 0 Å². The van der Waals surface area contributed by atoms with Gasteiger partial charge in [0.1, 0.15) is 6.04 Å². The van der Waals surface area contributed by atoms with Crippen LogP contribution in [0.25, 0.3) is 0 Å². The van der Waals surface area contributed by atoms with Gasteiger partial charge in [0, 0.05) is 18.7 Å². The van der Waals surface area contributed by atoms with Gasteiger partial charge in [-0.05, 0) is 24.5 Å². The first-order valence-electron chi connectivity index (χ1n) is 7.01. The molecule has 1 aromatic rings. The molecule has 2 aliphatic rings. The van der Waals surface area contributed by atoms with E-state index in [1.165, 1.54) is 5.56 Å². The fourth-order valence-electron chi connectivity index (χ4n) is 3.04. The number of anilines is 1. The molecule has 4 heteroatoms. The third-order valence-corrected chi connectivity index (χ3v) is 4.21. The number of para-hydroxylation sites is 1. The zero-order valence-corrected chi connectivity index (χ0v) is 11.0. The quantitative estimate of drug-likeness (QED) is 0.771. The van der Waals surface area contributed by atoms with E-state index in [-0.39, 0.29) is 11.9 Å². The molecule has 19 heavy (non-hydrogen) atoms. The maximum Gasteiger partial charge on any atom is 0.242 e. The molecule has 3 N–H and O–H groups in total. The van der Waals surface area contributed by atoms with Gasteiger partial charge in [-0.25, -0.2) is 0 Å². The van der Waals surface area contributed by atoms with Crippen molar-refractivity contribution in [2.45, 2.75) is 43.7 Å². The van der Waals surface area contributed by atoms with E-state index < -0.39 is 5.60 Å². The highest BCUT2D eigenvalue weighted by Crippen LogP contribution is 2.29. The number of aliphatic hydroxyl groups is 1. The predicted octanol–water partition coefficient (Wildman–Crippen LogP) is 1.44. The van der Waals surface area contributed by atoms with E-state index in [2.05, 4.69) is 10.6 Å². The number of benzene rings is 1. The van der Waals surface area contributed by atoms with Crippen LogP contribution in [-0.2, 0) is 11.2 Å². The second-order valence-corrected chi connectivity index (χ2v) is 5.71. The summed E-state index contributed by atoms with van der Waals surface area (Å²) >= 11 is 0. The van der Waals surface area contributed by atoms with Gasteiger partial charge in [-0.3, -0.25) is 4.79 Å². The molecule has 1 aliphatic heterocycles. The Morgan fingerprint density at radius 1 is 1.37 bits per heavy atom. The summed E-state index contributed by atoms with van der Waals surface area (Å²) in [5, 5.41) is 16.3.